The highest BCUT2D eigenvalue weighted by Crippen LogP contribution is 2.19. The van der Waals surface area contributed by atoms with Crippen molar-refractivity contribution >= 4 is 0 Å². The molecule has 2 aromatic rings. The number of benzene rings is 2. The maximum Gasteiger partial charge on any atom is 0.123 e. The first-order valence-corrected chi connectivity index (χ1v) is 5.86. The van der Waals surface area contributed by atoms with Gasteiger partial charge >= 0.3 is 0 Å². The van der Waals surface area contributed by atoms with Crippen LogP contribution in [0.15, 0.2) is 48.5 Å². The summed E-state index contributed by atoms with van der Waals surface area (Å²) < 4.78 is 18.7. The van der Waals surface area contributed by atoms with Crippen molar-refractivity contribution in [1.29, 1.82) is 0 Å². The second-order valence-corrected chi connectivity index (χ2v) is 4.24. The van der Waals surface area contributed by atoms with E-state index < -0.39 is 0 Å². The fraction of sp³-hybridized carbons (Fsp3) is 0.200. The second-order valence-electron chi connectivity index (χ2n) is 4.24. The molecule has 0 aliphatic carbocycles. The van der Waals surface area contributed by atoms with Gasteiger partial charge in [-0.05, 0) is 36.2 Å². The molecule has 18 heavy (non-hydrogen) atoms. The van der Waals surface area contributed by atoms with Crippen LogP contribution in [0.5, 0.6) is 5.75 Å². The molecule has 0 saturated heterocycles. The van der Waals surface area contributed by atoms with Gasteiger partial charge in [-0.1, -0.05) is 30.3 Å². The van der Waals surface area contributed by atoms with Crippen LogP contribution >= 0.6 is 0 Å². The predicted octanol–water partition coefficient (Wildman–Crippen LogP) is 3.21. The van der Waals surface area contributed by atoms with Crippen LogP contribution in [0.25, 0.3) is 0 Å². The standard InChI is InChI=1S/C15H16FNO/c1-11-5-2-3-8-15(11)18-10-14(17)12-6-4-7-13(16)9-12/h2-9,14H,10,17H2,1H3. The largest absolute Gasteiger partial charge is 0.491 e. The number of rotatable bonds is 4. The summed E-state index contributed by atoms with van der Waals surface area (Å²) in [5, 5.41) is 0. The Morgan fingerprint density at radius 3 is 2.67 bits per heavy atom. The Balaban J connectivity index is 2.00. The molecule has 1 unspecified atom stereocenters. The third-order valence-electron chi connectivity index (χ3n) is 2.79. The number of aryl methyl sites for hydroxylation is 1. The first kappa shape index (κ1) is 12.6. The summed E-state index contributed by atoms with van der Waals surface area (Å²) in [4.78, 5) is 0. The van der Waals surface area contributed by atoms with Crippen LogP contribution in [-0.4, -0.2) is 6.61 Å². The lowest BCUT2D eigenvalue weighted by Crippen LogP contribution is -2.19. The van der Waals surface area contributed by atoms with E-state index in [1.54, 1.807) is 12.1 Å². The van der Waals surface area contributed by atoms with Crippen LogP contribution in [0.2, 0.25) is 0 Å². The van der Waals surface area contributed by atoms with Crippen molar-refractivity contribution in [2.45, 2.75) is 13.0 Å². The first-order chi connectivity index (χ1) is 8.66. The molecule has 0 aliphatic rings. The highest BCUT2D eigenvalue weighted by atomic mass is 19.1. The topological polar surface area (TPSA) is 35.2 Å². The van der Waals surface area contributed by atoms with Gasteiger partial charge in [-0.15, -0.1) is 0 Å². The molecule has 0 bridgehead atoms. The lowest BCUT2D eigenvalue weighted by molar-refractivity contribution is 0.288. The maximum atomic E-state index is 13.1. The zero-order valence-electron chi connectivity index (χ0n) is 10.3. The molecule has 1 atom stereocenters. The molecule has 2 nitrogen and oxygen atoms in total. The van der Waals surface area contributed by atoms with Gasteiger partial charge in [0, 0.05) is 0 Å². The van der Waals surface area contributed by atoms with Gasteiger partial charge in [-0.3, -0.25) is 0 Å². The normalized spacial score (nSPS) is 12.2. The zero-order chi connectivity index (χ0) is 13.0. The van der Waals surface area contributed by atoms with Gasteiger partial charge in [0.25, 0.3) is 0 Å². The van der Waals surface area contributed by atoms with Gasteiger partial charge in [0.2, 0.25) is 0 Å². The van der Waals surface area contributed by atoms with E-state index in [4.69, 9.17) is 10.5 Å². The average molecular weight is 245 g/mol. The SMILES string of the molecule is Cc1ccccc1OCC(N)c1cccc(F)c1. The molecule has 0 heterocycles. The summed E-state index contributed by atoms with van der Waals surface area (Å²) in [5.41, 5.74) is 7.77. The monoisotopic (exact) mass is 245 g/mol. The van der Waals surface area contributed by atoms with Gasteiger partial charge in [0.15, 0.2) is 0 Å². The number of hydrogen-bond donors (Lipinski definition) is 1. The highest BCUT2D eigenvalue weighted by molar-refractivity contribution is 5.32. The summed E-state index contributed by atoms with van der Waals surface area (Å²) in [6.45, 7) is 2.30. The van der Waals surface area contributed by atoms with Gasteiger partial charge < -0.3 is 10.5 Å². The Kier molecular flexibility index (Phi) is 3.95. The molecule has 0 fully saturated rings. The lowest BCUT2D eigenvalue weighted by atomic mass is 10.1. The molecule has 0 aliphatic heterocycles. The number of hydrogen-bond acceptors (Lipinski definition) is 2. The molecule has 0 amide bonds. The van der Waals surface area contributed by atoms with Crippen molar-refractivity contribution in [1.82, 2.24) is 0 Å². The van der Waals surface area contributed by atoms with Crippen molar-refractivity contribution in [2.24, 2.45) is 5.73 Å². The zero-order valence-corrected chi connectivity index (χ0v) is 10.3. The van der Waals surface area contributed by atoms with Gasteiger partial charge in [0.05, 0.1) is 6.04 Å². The summed E-state index contributed by atoms with van der Waals surface area (Å²) in [6, 6.07) is 13.7. The maximum absolute atomic E-state index is 13.1. The van der Waals surface area contributed by atoms with Gasteiger partial charge in [0.1, 0.15) is 18.2 Å². The van der Waals surface area contributed by atoms with E-state index in [9.17, 15) is 4.39 Å². The Bertz CT molecular complexity index is 527. The predicted molar refractivity (Wildman–Crippen MR) is 70.0 cm³/mol. The van der Waals surface area contributed by atoms with Crippen molar-refractivity contribution < 1.29 is 9.13 Å². The Hall–Kier alpha value is -1.87. The van der Waals surface area contributed by atoms with Crippen molar-refractivity contribution in [3.8, 4) is 5.75 Å². The summed E-state index contributed by atoms with van der Waals surface area (Å²) >= 11 is 0. The van der Waals surface area contributed by atoms with E-state index in [1.807, 2.05) is 31.2 Å². The minimum Gasteiger partial charge on any atom is -0.491 e. The Morgan fingerprint density at radius 1 is 1.17 bits per heavy atom. The molecule has 0 aromatic heterocycles. The number of ether oxygens (including phenoxy) is 1. The van der Waals surface area contributed by atoms with E-state index in [1.165, 1.54) is 12.1 Å². The quantitative estimate of drug-likeness (QED) is 0.897. The molecule has 0 saturated carbocycles. The Morgan fingerprint density at radius 2 is 1.94 bits per heavy atom. The highest BCUT2D eigenvalue weighted by Gasteiger charge is 2.08. The van der Waals surface area contributed by atoms with Gasteiger partial charge in [-0.2, -0.15) is 0 Å². The van der Waals surface area contributed by atoms with Crippen LogP contribution in [0.4, 0.5) is 4.39 Å². The smallest absolute Gasteiger partial charge is 0.123 e. The van der Waals surface area contributed by atoms with E-state index in [0.29, 0.717) is 6.61 Å². The lowest BCUT2D eigenvalue weighted by Gasteiger charge is -2.14. The van der Waals surface area contributed by atoms with Crippen molar-refractivity contribution in [2.75, 3.05) is 6.61 Å². The van der Waals surface area contributed by atoms with Crippen LogP contribution < -0.4 is 10.5 Å². The van der Waals surface area contributed by atoms with E-state index in [0.717, 1.165) is 16.9 Å². The van der Waals surface area contributed by atoms with Crippen molar-refractivity contribution in [3.63, 3.8) is 0 Å². The Labute approximate surface area is 106 Å². The molecule has 3 heteroatoms. The van der Waals surface area contributed by atoms with Crippen molar-refractivity contribution in [3.05, 3.63) is 65.5 Å². The molecule has 2 rings (SSSR count). The molecule has 0 spiro atoms. The van der Waals surface area contributed by atoms with Crippen LogP contribution in [-0.2, 0) is 0 Å². The van der Waals surface area contributed by atoms with E-state index in [-0.39, 0.29) is 11.9 Å². The molecular formula is C15H16FNO. The van der Waals surface area contributed by atoms with E-state index in [2.05, 4.69) is 0 Å². The van der Waals surface area contributed by atoms with E-state index >= 15 is 0 Å². The molecular weight excluding hydrogens is 229 g/mol. The van der Waals surface area contributed by atoms with Crippen LogP contribution in [0, 0.1) is 12.7 Å². The summed E-state index contributed by atoms with van der Waals surface area (Å²) in [7, 11) is 0. The minimum atomic E-state index is -0.333. The van der Waals surface area contributed by atoms with Crippen LogP contribution in [0.3, 0.4) is 0 Å². The number of nitrogens with two attached hydrogens (primary N) is 1. The first-order valence-electron chi connectivity index (χ1n) is 5.86. The minimum absolute atomic E-state index is 0.279. The molecule has 0 radical (unpaired) electrons. The third-order valence-corrected chi connectivity index (χ3v) is 2.79. The molecule has 2 aromatic carbocycles. The summed E-state index contributed by atoms with van der Waals surface area (Å²) in [5.74, 6) is 0.531. The third kappa shape index (κ3) is 3.08. The fourth-order valence-electron chi connectivity index (χ4n) is 1.73. The molecule has 94 valence electrons. The summed E-state index contributed by atoms with van der Waals surface area (Å²) in [6.07, 6.45) is 0. The van der Waals surface area contributed by atoms with Crippen LogP contribution in [0.1, 0.15) is 17.2 Å². The second kappa shape index (κ2) is 5.65. The van der Waals surface area contributed by atoms with Gasteiger partial charge in [-0.25, -0.2) is 4.39 Å². The number of para-hydroxylation sites is 1. The number of halogens is 1. The molecule has 2 N–H and O–H groups in total. The average Bonchev–Trinajstić information content (AvgIpc) is 2.37. The fourth-order valence-corrected chi connectivity index (χ4v) is 1.73.